The molecule has 3 rings (SSSR count). The number of rotatable bonds is 11. The van der Waals surface area contributed by atoms with Crippen LogP contribution in [0.15, 0.2) is 48.5 Å². The highest BCUT2D eigenvalue weighted by atomic mass is 16.5. The molecule has 34 heavy (non-hydrogen) atoms. The number of benzene rings is 2. The molecule has 0 atom stereocenters. The summed E-state index contributed by atoms with van der Waals surface area (Å²) in [5.74, 6) is 1.98. The number of nitrogens with zero attached hydrogens (tertiary/aromatic N) is 1. The van der Waals surface area contributed by atoms with Crippen LogP contribution in [0.2, 0.25) is 0 Å². The Hall–Kier alpha value is -3.74. The van der Waals surface area contributed by atoms with E-state index >= 15 is 0 Å². The van der Waals surface area contributed by atoms with E-state index in [1.807, 2.05) is 42.5 Å². The summed E-state index contributed by atoms with van der Waals surface area (Å²) in [5.41, 5.74) is 4.59. The molecule has 0 aliphatic heterocycles. The molecule has 0 aliphatic rings. The van der Waals surface area contributed by atoms with Crippen molar-refractivity contribution in [3.05, 3.63) is 76.6 Å². The lowest BCUT2D eigenvalue weighted by Gasteiger charge is -2.14. The van der Waals surface area contributed by atoms with E-state index in [1.54, 1.807) is 34.5 Å². The number of esters is 1. The van der Waals surface area contributed by atoms with E-state index in [1.165, 1.54) is 7.11 Å². The maximum atomic E-state index is 11.9. The number of hydrogen-bond acceptors (Lipinski definition) is 7. The minimum atomic E-state index is -0.412. The Balaban J connectivity index is 1.66. The fourth-order valence-electron chi connectivity index (χ4n) is 3.80. The summed E-state index contributed by atoms with van der Waals surface area (Å²) in [5, 5.41) is 0. The van der Waals surface area contributed by atoms with Crippen LogP contribution in [0, 0.1) is 0 Å². The van der Waals surface area contributed by atoms with E-state index in [9.17, 15) is 4.79 Å². The van der Waals surface area contributed by atoms with Crippen LogP contribution in [-0.4, -0.2) is 46.5 Å². The Morgan fingerprint density at radius 1 is 0.676 bits per heavy atom. The van der Waals surface area contributed by atoms with Crippen LogP contribution in [0.3, 0.4) is 0 Å². The van der Waals surface area contributed by atoms with Gasteiger partial charge in [0.15, 0.2) is 11.5 Å². The van der Waals surface area contributed by atoms with Crippen molar-refractivity contribution in [1.29, 1.82) is 0 Å². The highest BCUT2D eigenvalue weighted by Crippen LogP contribution is 2.38. The number of hydrogen-bond donors (Lipinski definition) is 0. The van der Waals surface area contributed by atoms with Gasteiger partial charge in [0.05, 0.1) is 35.5 Å². The van der Waals surface area contributed by atoms with Crippen molar-refractivity contribution in [2.45, 2.75) is 25.7 Å². The molecule has 0 spiro atoms. The summed E-state index contributed by atoms with van der Waals surface area (Å²) in [6.07, 6.45) is 3.13. The molecule has 0 amide bonds. The smallest absolute Gasteiger partial charge is 0.341 e. The van der Waals surface area contributed by atoms with Crippen molar-refractivity contribution in [3.8, 4) is 23.0 Å². The highest BCUT2D eigenvalue weighted by molar-refractivity contribution is 5.92. The fourth-order valence-corrected chi connectivity index (χ4v) is 3.80. The highest BCUT2D eigenvalue weighted by Gasteiger charge is 2.14. The van der Waals surface area contributed by atoms with Gasteiger partial charge in [-0.05, 0) is 73.2 Å². The van der Waals surface area contributed by atoms with Gasteiger partial charge in [0, 0.05) is 11.4 Å². The Morgan fingerprint density at radius 2 is 1.24 bits per heavy atom. The zero-order valence-corrected chi connectivity index (χ0v) is 20.3. The van der Waals surface area contributed by atoms with Gasteiger partial charge in [-0.2, -0.15) is 0 Å². The van der Waals surface area contributed by atoms with Crippen LogP contribution in [0.25, 0.3) is 0 Å². The lowest BCUT2D eigenvalue weighted by atomic mass is 10.0. The van der Waals surface area contributed by atoms with Crippen LogP contribution in [0.1, 0.15) is 32.9 Å². The van der Waals surface area contributed by atoms with Crippen LogP contribution in [0.5, 0.6) is 23.0 Å². The first kappa shape index (κ1) is 24.9. The molecule has 2 aromatic carbocycles. The van der Waals surface area contributed by atoms with Gasteiger partial charge in [0.25, 0.3) is 0 Å². The molecular formula is C27H31NO6. The maximum absolute atomic E-state index is 11.9. The number of aromatic nitrogens is 1. The molecule has 0 fully saturated rings. The molecule has 1 heterocycles. The molecule has 0 saturated carbocycles. The lowest BCUT2D eigenvalue weighted by molar-refractivity contribution is 0.0597. The van der Waals surface area contributed by atoms with Gasteiger partial charge in [-0.3, -0.25) is 4.98 Å². The zero-order valence-electron chi connectivity index (χ0n) is 20.3. The number of aryl methyl sites for hydroxylation is 4. The van der Waals surface area contributed by atoms with E-state index in [-0.39, 0.29) is 0 Å². The molecule has 0 bridgehead atoms. The Bertz CT molecular complexity index is 1100. The molecular weight excluding hydrogens is 434 g/mol. The van der Waals surface area contributed by atoms with Gasteiger partial charge in [-0.1, -0.05) is 12.1 Å². The summed E-state index contributed by atoms with van der Waals surface area (Å²) in [6, 6.07) is 15.6. The number of carbonyl (C=O) groups excluding carboxylic acids is 1. The largest absolute Gasteiger partial charge is 0.496 e. The number of methoxy groups -OCH3 is 5. The monoisotopic (exact) mass is 465 g/mol. The zero-order chi connectivity index (χ0) is 24.5. The summed E-state index contributed by atoms with van der Waals surface area (Å²) in [7, 11) is 7.73. The molecule has 0 radical (unpaired) electrons. The van der Waals surface area contributed by atoms with Crippen molar-refractivity contribution in [1.82, 2.24) is 4.98 Å². The van der Waals surface area contributed by atoms with Crippen molar-refractivity contribution in [2.24, 2.45) is 0 Å². The second kappa shape index (κ2) is 11.9. The average Bonchev–Trinajstić information content (AvgIpc) is 2.89. The summed E-state index contributed by atoms with van der Waals surface area (Å²) >= 11 is 0. The molecule has 7 nitrogen and oxygen atoms in total. The van der Waals surface area contributed by atoms with Gasteiger partial charge in [0.2, 0.25) is 5.75 Å². The minimum Gasteiger partial charge on any atom is -0.496 e. The molecule has 1 aromatic heterocycles. The van der Waals surface area contributed by atoms with Crippen LogP contribution in [-0.2, 0) is 30.4 Å². The third-order valence-corrected chi connectivity index (χ3v) is 5.60. The van der Waals surface area contributed by atoms with Gasteiger partial charge in [0.1, 0.15) is 11.3 Å². The SMILES string of the molecule is COC(=O)c1ccc(CCc2cccc(CCc3cc(OC)c(OC)c(OC)c3)n2)cc1OC. The first-order valence-corrected chi connectivity index (χ1v) is 11.0. The topological polar surface area (TPSA) is 76.1 Å². The molecule has 0 saturated heterocycles. The summed E-state index contributed by atoms with van der Waals surface area (Å²) < 4.78 is 26.5. The number of pyridine rings is 1. The number of carbonyl (C=O) groups is 1. The molecule has 0 N–H and O–H groups in total. The minimum absolute atomic E-state index is 0.412. The van der Waals surface area contributed by atoms with E-state index in [0.717, 1.165) is 48.2 Å². The standard InChI is InChI=1S/C27H31NO6/c1-30-23-15-18(11-14-22(23)27(29)34-5)9-12-20-7-6-8-21(28-20)13-10-19-16-24(31-2)26(33-4)25(17-19)32-3/h6-8,11,14-17H,9-10,12-13H2,1-5H3. The van der Waals surface area contributed by atoms with Gasteiger partial charge < -0.3 is 23.7 Å². The predicted octanol–water partition coefficient (Wildman–Crippen LogP) is 4.47. The second-order valence-corrected chi connectivity index (χ2v) is 7.68. The number of ether oxygens (including phenoxy) is 5. The molecule has 3 aromatic rings. The van der Waals surface area contributed by atoms with Crippen molar-refractivity contribution < 1.29 is 28.5 Å². The Kier molecular flexibility index (Phi) is 8.73. The normalized spacial score (nSPS) is 10.5. The van der Waals surface area contributed by atoms with Crippen molar-refractivity contribution in [2.75, 3.05) is 35.5 Å². The van der Waals surface area contributed by atoms with Gasteiger partial charge in [-0.25, -0.2) is 4.79 Å². The van der Waals surface area contributed by atoms with Crippen molar-refractivity contribution >= 4 is 5.97 Å². The molecule has 0 aliphatic carbocycles. The lowest BCUT2D eigenvalue weighted by Crippen LogP contribution is -2.05. The van der Waals surface area contributed by atoms with E-state index in [0.29, 0.717) is 28.6 Å². The van der Waals surface area contributed by atoms with Crippen LogP contribution >= 0.6 is 0 Å². The van der Waals surface area contributed by atoms with Crippen molar-refractivity contribution in [3.63, 3.8) is 0 Å². The average molecular weight is 466 g/mol. The molecule has 0 unspecified atom stereocenters. The Morgan fingerprint density at radius 3 is 1.76 bits per heavy atom. The van der Waals surface area contributed by atoms with Crippen LogP contribution in [0.4, 0.5) is 0 Å². The van der Waals surface area contributed by atoms with E-state index in [2.05, 4.69) is 0 Å². The van der Waals surface area contributed by atoms with Crippen LogP contribution < -0.4 is 18.9 Å². The first-order chi connectivity index (χ1) is 16.5. The summed E-state index contributed by atoms with van der Waals surface area (Å²) in [6.45, 7) is 0. The maximum Gasteiger partial charge on any atom is 0.341 e. The van der Waals surface area contributed by atoms with E-state index in [4.69, 9.17) is 28.7 Å². The second-order valence-electron chi connectivity index (χ2n) is 7.68. The quantitative estimate of drug-likeness (QED) is 0.387. The van der Waals surface area contributed by atoms with E-state index < -0.39 is 5.97 Å². The van der Waals surface area contributed by atoms with Gasteiger partial charge in [-0.15, -0.1) is 0 Å². The fraction of sp³-hybridized carbons (Fsp3) is 0.333. The first-order valence-electron chi connectivity index (χ1n) is 11.0. The third kappa shape index (κ3) is 5.98. The third-order valence-electron chi connectivity index (χ3n) is 5.60. The Labute approximate surface area is 200 Å². The molecule has 180 valence electrons. The summed E-state index contributed by atoms with van der Waals surface area (Å²) in [4.78, 5) is 16.7. The predicted molar refractivity (Wildman–Crippen MR) is 129 cm³/mol. The van der Waals surface area contributed by atoms with Gasteiger partial charge >= 0.3 is 5.97 Å². The molecule has 7 heteroatoms.